The van der Waals surface area contributed by atoms with E-state index < -0.39 is 0 Å². The zero-order valence-corrected chi connectivity index (χ0v) is 12.8. The van der Waals surface area contributed by atoms with E-state index in [0.717, 1.165) is 31.5 Å². The monoisotopic (exact) mass is 315 g/mol. The molecule has 1 heterocycles. The second-order valence-corrected chi connectivity index (χ2v) is 6.36. The third kappa shape index (κ3) is 3.29. The first-order chi connectivity index (χ1) is 9.67. The molecular weight excluding hydrogens is 297 g/mol. The molecule has 1 saturated carbocycles. The van der Waals surface area contributed by atoms with Crippen molar-refractivity contribution in [1.29, 1.82) is 0 Å². The molecular formula is C15H19Cl2NO2. The van der Waals surface area contributed by atoms with Gasteiger partial charge in [0, 0.05) is 25.9 Å². The van der Waals surface area contributed by atoms with Gasteiger partial charge in [-0.05, 0) is 30.5 Å². The molecule has 1 aromatic carbocycles. The van der Waals surface area contributed by atoms with Crippen molar-refractivity contribution in [1.82, 2.24) is 5.32 Å². The van der Waals surface area contributed by atoms with Crippen molar-refractivity contribution in [2.45, 2.75) is 44.1 Å². The summed E-state index contributed by atoms with van der Waals surface area (Å²) < 4.78 is 11.9. The van der Waals surface area contributed by atoms with Crippen LogP contribution in [0.1, 0.15) is 31.2 Å². The van der Waals surface area contributed by atoms with Gasteiger partial charge >= 0.3 is 0 Å². The van der Waals surface area contributed by atoms with Gasteiger partial charge in [-0.15, -0.1) is 0 Å². The molecule has 0 amide bonds. The molecule has 1 N–H and O–H groups in total. The summed E-state index contributed by atoms with van der Waals surface area (Å²) in [6, 6.07) is 5.69. The number of ether oxygens (including phenoxy) is 2. The lowest BCUT2D eigenvalue weighted by molar-refractivity contribution is -0.161. The number of nitrogens with one attached hydrogen (secondary N) is 1. The summed E-state index contributed by atoms with van der Waals surface area (Å²) in [5, 5.41) is 4.57. The summed E-state index contributed by atoms with van der Waals surface area (Å²) in [7, 11) is 0. The van der Waals surface area contributed by atoms with Crippen molar-refractivity contribution in [3.63, 3.8) is 0 Å². The smallest absolute Gasteiger partial charge is 0.168 e. The normalized spacial score (nSPS) is 24.6. The van der Waals surface area contributed by atoms with Crippen LogP contribution in [-0.2, 0) is 16.0 Å². The van der Waals surface area contributed by atoms with Gasteiger partial charge < -0.3 is 14.8 Å². The van der Waals surface area contributed by atoms with Crippen LogP contribution in [0.15, 0.2) is 18.2 Å². The molecule has 5 heteroatoms. The van der Waals surface area contributed by atoms with E-state index in [0.29, 0.717) is 16.7 Å². The summed E-state index contributed by atoms with van der Waals surface area (Å²) >= 11 is 11.9. The van der Waals surface area contributed by atoms with Gasteiger partial charge in [-0.1, -0.05) is 29.3 Å². The predicted molar refractivity (Wildman–Crippen MR) is 80.2 cm³/mol. The van der Waals surface area contributed by atoms with Crippen LogP contribution in [-0.4, -0.2) is 25.0 Å². The summed E-state index contributed by atoms with van der Waals surface area (Å²) in [5.41, 5.74) is 1.12. The highest BCUT2D eigenvalue weighted by Gasteiger charge is 2.43. The lowest BCUT2D eigenvalue weighted by Gasteiger charge is -2.22. The fourth-order valence-corrected chi connectivity index (χ4v) is 3.24. The maximum atomic E-state index is 6.06. The second kappa shape index (κ2) is 6.20. The Balaban J connectivity index is 1.45. The Morgan fingerprint density at radius 2 is 2.00 bits per heavy atom. The molecule has 20 heavy (non-hydrogen) atoms. The average molecular weight is 316 g/mol. The summed E-state index contributed by atoms with van der Waals surface area (Å²) in [4.78, 5) is 0. The van der Waals surface area contributed by atoms with Gasteiger partial charge in [0.2, 0.25) is 0 Å². The van der Waals surface area contributed by atoms with Crippen LogP contribution in [0.5, 0.6) is 0 Å². The zero-order chi connectivity index (χ0) is 14.0. The van der Waals surface area contributed by atoms with E-state index in [2.05, 4.69) is 5.32 Å². The van der Waals surface area contributed by atoms with Crippen LogP contribution < -0.4 is 5.32 Å². The molecule has 2 aliphatic rings. The second-order valence-electron chi connectivity index (χ2n) is 5.55. The largest absolute Gasteiger partial charge is 0.347 e. The topological polar surface area (TPSA) is 30.5 Å². The Hall–Kier alpha value is -0.320. The molecule has 0 bridgehead atoms. The highest BCUT2D eigenvalue weighted by Crippen LogP contribution is 2.39. The molecule has 1 atom stereocenters. The van der Waals surface area contributed by atoms with Crippen molar-refractivity contribution in [2.75, 3.05) is 13.2 Å². The molecule has 1 spiro atoms. The molecule has 3 rings (SSSR count). The van der Waals surface area contributed by atoms with Crippen LogP contribution in [0.4, 0.5) is 0 Å². The molecule has 0 aromatic heterocycles. The van der Waals surface area contributed by atoms with Crippen LogP contribution in [0, 0.1) is 0 Å². The minimum Gasteiger partial charge on any atom is -0.347 e. The molecule has 3 nitrogen and oxygen atoms in total. The standard InChI is InChI=1S/C15H19Cl2NO2/c16-13-4-3-11(7-14(13)17)8-18-9-12-10-19-15(20-12)5-1-2-6-15/h3-4,7,12,18H,1-2,5-6,8-10H2/t12-/m0/s1. The lowest BCUT2D eigenvalue weighted by atomic mass is 10.2. The molecule has 0 radical (unpaired) electrons. The average Bonchev–Trinajstić information content (AvgIpc) is 3.05. The van der Waals surface area contributed by atoms with Crippen molar-refractivity contribution in [3.05, 3.63) is 33.8 Å². The summed E-state index contributed by atoms with van der Waals surface area (Å²) in [6.45, 7) is 2.24. The van der Waals surface area contributed by atoms with Gasteiger partial charge in [0.05, 0.1) is 22.8 Å². The number of rotatable bonds is 4. The van der Waals surface area contributed by atoms with Gasteiger partial charge in [-0.25, -0.2) is 0 Å². The Labute approximate surface area is 129 Å². The Kier molecular flexibility index (Phi) is 4.53. The molecule has 1 saturated heterocycles. The summed E-state index contributed by atoms with van der Waals surface area (Å²) in [5.74, 6) is -0.268. The van der Waals surface area contributed by atoms with Crippen molar-refractivity contribution >= 4 is 23.2 Å². The quantitative estimate of drug-likeness (QED) is 0.917. The Morgan fingerprint density at radius 1 is 1.20 bits per heavy atom. The molecule has 110 valence electrons. The van der Waals surface area contributed by atoms with Crippen molar-refractivity contribution < 1.29 is 9.47 Å². The highest BCUT2D eigenvalue weighted by molar-refractivity contribution is 6.42. The maximum absolute atomic E-state index is 6.06. The van der Waals surface area contributed by atoms with Gasteiger partial charge in [-0.2, -0.15) is 0 Å². The summed E-state index contributed by atoms with van der Waals surface area (Å²) in [6.07, 6.45) is 4.65. The first kappa shape index (κ1) is 14.6. The van der Waals surface area contributed by atoms with Gasteiger partial charge in [0.25, 0.3) is 0 Å². The molecule has 1 aliphatic carbocycles. The van der Waals surface area contributed by atoms with Crippen LogP contribution >= 0.6 is 23.2 Å². The number of benzene rings is 1. The Bertz CT molecular complexity index is 475. The van der Waals surface area contributed by atoms with E-state index >= 15 is 0 Å². The van der Waals surface area contributed by atoms with Crippen molar-refractivity contribution in [3.8, 4) is 0 Å². The van der Waals surface area contributed by atoms with E-state index in [1.807, 2.05) is 18.2 Å². The van der Waals surface area contributed by atoms with Crippen LogP contribution in [0.3, 0.4) is 0 Å². The zero-order valence-electron chi connectivity index (χ0n) is 11.3. The SMILES string of the molecule is Clc1ccc(CNC[C@H]2COC3(CCCC3)O2)cc1Cl. The van der Waals surface area contributed by atoms with E-state index in [1.165, 1.54) is 12.8 Å². The number of hydrogen-bond donors (Lipinski definition) is 1. The third-order valence-electron chi connectivity index (χ3n) is 3.96. The first-order valence-electron chi connectivity index (χ1n) is 7.13. The van der Waals surface area contributed by atoms with E-state index in [1.54, 1.807) is 0 Å². The van der Waals surface area contributed by atoms with Gasteiger partial charge in [0.1, 0.15) is 0 Å². The minimum atomic E-state index is -0.268. The molecule has 2 fully saturated rings. The molecule has 1 aliphatic heterocycles. The van der Waals surface area contributed by atoms with E-state index in [4.69, 9.17) is 32.7 Å². The predicted octanol–water partition coefficient (Wildman–Crippen LogP) is 3.77. The minimum absolute atomic E-state index is 0.149. The number of halogens is 2. The molecule has 1 aromatic rings. The maximum Gasteiger partial charge on any atom is 0.168 e. The fourth-order valence-electron chi connectivity index (χ4n) is 2.92. The molecule has 0 unspecified atom stereocenters. The number of hydrogen-bond acceptors (Lipinski definition) is 3. The van der Waals surface area contributed by atoms with Crippen LogP contribution in [0.2, 0.25) is 10.0 Å². The third-order valence-corrected chi connectivity index (χ3v) is 4.70. The first-order valence-corrected chi connectivity index (χ1v) is 7.89. The van der Waals surface area contributed by atoms with Crippen molar-refractivity contribution in [2.24, 2.45) is 0 Å². The highest BCUT2D eigenvalue weighted by atomic mass is 35.5. The Morgan fingerprint density at radius 3 is 2.75 bits per heavy atom. The van der Waals surface area contributed by atoms with Gasteiger partial charge in [-0.3, -0.25) is 0 Å². The van der Waals surface area contributed by atoms with E-state index in [-0.39, 0.29) is 11.9 Å². The van der Waals surface area contributed by atoms with E-state index in [9.17, 15) is 0 Å². The van der Waals surface area contributed by atoms with Gasteiger partial charge in [0.15, 0.2) is 5.79 Å². The van der Waals surface area contributed by atoms with Crippen LogP contribution in [0.25, 0.3) is 0 Å². The fraction of sp³-hybridized carbons (Fsp3) is 0.600. The lowest BCUT2D eigenvalue weighted by Crippen LogP contribution is -2.31.